The fourth-order valence-electron chi connectivity index (χ4n) is 2.07. The molecule has 0 saturated heterocycles. The van der Waals surface area contributed by atoms with Crippen molar-refractivity contribution < 1.29 is 10.1 Å². The van der Waals surface area contributed by atoms with E-state index in [9.17, 15) is 4.79 Å². The normalized spacial score (nSPS) is 12.0. The molecule has 0 heterocycles. The molecule has 116 valence electrons. The third-order valence-corrected chi connectivity index (χ3v) is 4.17. The molecular weight excluding hydrogens is 319 g/mol. The highest BCUT2D eigenvalue weighted by Crippen LogP contribution is 2.19. The van der Waals surface area contributed by atoms with E-state index < -0.39 is 0 Å². The number of hydrogen-bond donors (Lipinski definition) is 2. The lowest BCUT2D eigenvalue weighted by Gasteiger charge is -2.11. The Labute approximate surface area is 140 Å². The van der Waals surface area contributed by atoms with Crippen LogP contribution in [0.4, 0.5) is 5.69 Å². The molecular formula is C17H19Cl2N2O+. The van der Waals surface area contributed by atoms with E-state index in [1.807, 2.05) is 48.6 Å². The zero-order valence-corrected chi connectivity index (χ0v) is 14.1. The molecule has 2 rings (SSSR count). The van der Waals surface area contributed by atoms with Gasteiger partial charge in [-0.05, 0) is 43.7 Å². The van der Waals surface area contributed by atoms with Crippen LogP contribution >= 0.6 is 23.2 Å². The lowest BCUT2D eigenvalue weighted by molar-refractivity contribution is -0.682. The number of hydrogen-bond acceptors (Lipinski definition) is 1. The summed E-state index contributed by atoms with van der Waals surface area (Å²) in [7, 11) is 0. The molecule has 0 aliphatic rings. The molecule has 2 aromatic rings. The summed E-state index contributed by atoms with van der Waals surface area (Å²) in [4.78, 5) is 12.0. The first-order valence-corrected chi connectivity index (χ1v) is 7.86. The summed E-state index contributed by atoms with van der Waals surface area (Å²) < 4.78 is 0. The van der Waals surface area contributed by atoms with Gasteiger partial charge in [0, 0.05) is 21.3 Å². The molecule has 1 amide bonds. The van der Waals surface area contributed by atoms with E-state index in [1.54, 1.807) is 6.07 Å². The number of quaternary nitrogens is 1. The van der Waals surface area contributed by atoms with Crippen LogP contribution in [-0.2, 0) is 4.79 Å². The molecule has 5 heteroatoms. The van der Waals surface area contributed by atoms with E-state index in [0.29, 0.717) is 22.3 Å². The number of amides is 1. The van der Waals surface area contributed by atoms with E-state index in [4.69, 9.17) is 23.2 Å². The van der Waals surface area contributed by atoms with E-state index in [-0.39, 0.29) is 11.9 Å². The number of carbonyl (C=O) groups is 1. The zero-order valence-electron chi connectivity index (χ0n) is 12.6. The molecule has 2 aromatic carbocycles. The van der Waals surface area contributed by atoms with Crippen LogP contribution in [0.3, 0.4) is 0 Å². The summed E-state index contributed by atoms with van der Waals surface area (Å²) >= 11 is 11.9. The predicted molar refractivity (Wildman–Crippen MR) is 91.5 cm³/mol. The van der Waals surface area contributed by atoms with Crippen molar-refractivity contribution in [3.05, 3.63) is 63.6 Å². The predicted octanol–water partition coefficient (Wildman–Crippen LogP) is 3.56. The fourth-order valence-corrected chi connectivity index (χ4v) is 2.38. The smallest absolute Gasteiger partial charge is 0.279 e. The van der Waals surface area contributed by atoms with Gasteiger partial charge in [0.15, 0.2) is 6.54 Å². The number of anilines is 1. The van der Waals surface area contributed by atoms with E-state index in [1.165, 1.54) is 0 Å². The Balaban J connectivity index is 1.86. The molecule has 0 spiro atoms. The van der Waals surface area contributed by atoms with Crippen LogP contribution in [0.1, 0.15) is 24.1 Å². The average molecular weight is 338 g/mol. The second-order valence-corrected chi connectivity index (χ2v) is 6.14. The number of benzene rings is 2. The van der Waals surface area contributed by atoms with Crippen molar-refractivity contribution in [2.75, 3.05) is 11.9 Å². The van der Waals surface area contributed by atoms with Gasteiger partial charge in [-0.25, -0.2) is 0 Å². The van der Waals surface area contributed by atoms with Gasteiger partial charge in [0.25, 0.3) is 5.91 Å². The lowest BCUT2D eigenvalue weighted by atomic mass is 10.1. The van der Waals surface area contributed by atoms with Gasteiger partial charge >= 0.3 is 0 Å². The summed E-state index contributed by atoms with van der Waals surface area (Å²) in [6, 6.07) is 13.3. The first-order chi connectivity index (χ1) is 10.5. The third-order valence-electron chi connectivity index (χ3n) is 3.51. The van der Waals surface area contributed by atoms with Gasteiger partial charge in [-0.15, -0.1) is 0 Å². The molecule has 1 atom stereocenters. The zero-order chi connectivity index (χ0) is 16.1. The number of nitrogens with one attached hydrogen (secondary N) is 1. The number of rotatable bonds is 5. The number of aryl methyl sites for hydroxylation is 1. The minimum atomic E-state index is -0.0549. The maximum atomic E-state index is 12.0. The van der Waals surface area contributed by atoms with Crippen molar-refractivity contribution in [1.29, 1.82) is 0 Å². The Kier molecular flexibility index (Phi) is 5.83. The Bertz CT molecular complexity index is 656. The highest BCUT2D eigenvalue weighted by atomic mass is 35.5. The number of nitrogens with two attached hydrogens (primary N) is 1. The molecule has 0 bridgehead atoms. The number of halogens is 2. The van der Waals surface area contributed by atoms with E-state index >= 15 is 0 Å². The topological polar surface area (TPSA) is 45.7 Å². The average Bonchev–Trinajstić information content (AvgIpc) is 2.49. The standard InChI is InChI=1S/C17H18Cl2N2O/c1-11-3-8-15(9-16(11)19)21-17(22)10-20-12(2)13-4-6-14(18)7-5-13/h3-9,12,20H,10H2,1-2H3,(H,21,22)/p+1/t12-/m0/s1. The van der Waals surface area contributed by atoms with Crippen LogP contribution in [0.5, 0.6) is 0 Å². The van der Waals surface area contributed by atoms with Crippen LogP contribution in [0.25, 0.3) is 0 Å². The highest BCUT2D eigenvalue weighted by Gasteiger charge is 2.12. The van der Waals surface area contributed by atoms with Gasteiger partial charge < -0.3 is 10.6 Å². The third kappa shape index (κ3) is 4.73. The fraction of sp³-hybridized carbons (Fsp3) is 0.235. The largest absolute Gasteiger partial charge is 0.333 e. The van der Waals surface area contributed by atoms with Gasteiger partial charge in [0.2, 0.25) is 0 Å². The van der Waals surface area contributed by atoms with E-state index in [2.05, 4.69) is 12.2 Å². The molecule has 0 radical (unpaired) electrons. The van der Waals surface area contributed by atoms with Crippen molar-refractivity contribution >= 4 is 34.8 Å². The Morgan fingerprint density at radius 2 is 1.86 bits per heavy atom. The van der Waals surface area contributed by atoms with Crippen molar-refractivity contribution in [1.82, 2.24) is 0 Å². The number of carbonyl (C=O) groups excluding carboxylic acids is 1. The lowest BCUT2D eigenvalue weighted by Crippen LogP contribution is -2.86. The van der Waals surface area contributed by atoms with Crippen molar-refractivity contribution in [3.8, 4) is 0 Å². The minimum absolute atomic E-state index is 0.0549. The molecule has 3 nitrogen and oxygen atoms in total. The maximum Gasteiger partial charge on any atom is 0.279 e. The molecule has 3 N–H and O–H groups in total. The molecule has 0 aromatic heterocycles. The Morgan fingerprint density at radius 1 is 1.18 bits per heavy atom. The molecule has 0 aliphatic heterocycles. The van der Waals surface area contributed by atoms with Gasteiger partial charge in [-0.2, -0.15) is 0 Å². The van der Waals surface area contributed by atoms with Crippen molar-refractivity contribution in [2.24, 2.45) is 0 Å². The second-order valence-electron chi connectivity index (χ2n) is 5.29. The monoisotopic (exact) mass is 337 g/mol. The van der Waals surface area contributed by atoms with Crippen LogP contribution in [0.2, 0.25) is 10.0 Å². The van der Waals surface area contributed by atoms with Crippen molar-refractivity contribution in [3.63, 3.8) is 0 Å². The second kappa shape index (κ2) is 7.63. The van der Waals surface area contributed by atoms with Crippen LogP contribution in [-0.4, -0.2) is 12.5 Å². The summed E-state index contributed by atoms with van der Waals surface area (Å²) in [5.41, 5.74) is 2.84. The quantitative estimate of drug-likeness (QED) is 0.860. The summed E-state index contributed by atoms with van der Waals surface area (Å²) in [6.07, 6.45) is 0. The maximum absolute atomic E-state index is 12.0. The van der Waals surface area contributed by atoms with Gasteiger partial charge in [0.1, 0.15) is 6.04 Å². The molecule has 0 fully saturated rings. The molecule has 22 heavy (non-hydrogen) atoms. The Morgan fingerprint density at radius 3 is 2.50 bits per heavy atom. The summed E-state index contributed by atoms with van der Waals surface area (Å²) in [6.45, 7) is 4.32. The molecule has 0 aliphatic carbocycles. The Hall–Kier alpha value is -1.55. The van der Waals surface area contributed by atoms with E-state index in [0.717, 1.165) is 11.1 Å². The van der Waals surface area contributed by atoms with Gasteiger partial charge in [0.05, 0.1) is 0 Å². The van der Waals surface area contributed by atoms with Crippen molar-refractivity contribution in [2.45, 2.75) is 19.9 Å². The molecule has 0 unspecified atom stereocenters. The first-order valence-electron chi connectivity index (χ1n) is 7.10. The highest BCUT2D eigenvalue weighted by molar-refractivity contribution is 6.31. The van der Waals surface area contributed by atoms with Crippen LogP contribution < -0.4 is 10.6 Å². The SMILES string of the molecule is Cc1ccc(NC(=O)C[NH2+][C@@H](C)c2ccc(Cl)cc2)cc1Cl. The minimum Gasteiger partial charge on any atom is -0.333 e. The summed E-state index contributed by atoms with van der Waals surface area (Å²) in [5, 5.41) is 6.19. The van der Waals surface area contributed by atoms with Gasteiger partial charge in [-0.1, -0.05) is 41.4 Å². The van der Waals surface area contributed by atoms with Crippen LogP contribution in [0.15, 0.2) is 42.5 Å². The van der Waals surface area contributed by atoms with Gasteiger partial charge in [-0.3, -0.25) is 4.79 Å². The molecule has 0 saturated carbocycles. The van der Waals surface area contributed by atoms with Crippen LogP contribution in [0, 0.1) is 6.92 Å². The summed E-state index contributed by atoms with van der Waals surface area (Å²) in [5.74, 6) is -0.0549. The first kappa shape index (κ1) is 16.8.